The van der Waals surface area contributed by atoms with Gasteiger partial charge in [-0.05, 0) is 38.2 Å². The predicted octanol–water partition coefficient (Wildman–Crippen LogP) is 2.65. The van der Waals surface area contributed by atoms with Gasteiger partial charge in [-0.3, -0.25) is 23.9 Å². The fourth-order valence-electron chi connectivity index (χ4n) is 5.48. The Balaban J connectivity index is 1.26. The van der Waals surface area contributed by atoms with E-state index in [4.69, 9.17) is 4.98 Å². The minimum absolute atomic E-state index is 0.00606. The molecule has 34 heavy (non-hydrogen) atoms. The molecule has 2 aromatic heterocycles. The zero-order chi connectivity index (χ0) is 23.7. The zero-order valence-corrected chi connectivity index (χ0v) is 21.0. The van der Waals surface area contributed by atoms with E-state index in [0.717, 1.165) is 63.0 Å². The summed E-state index contributed by atoms with van der Waals surface area (Å²) in [5.74, 6) is 1.06. The average Bonchev–Trinajstić information content (AvgIpc) is 3.07. The van der Waals surface area contributed by atoms with Gasteiger partial charge >= 0.3 is 0 Å². The lowest BCUT2D eigenvalue weighted by atomic mass is 10.2. The number of carbonyl (C=O) groups excluding carboxylic acids is 2. The normalized spacial score (nSPS) is 20.1. The van der Waals surface area contributed by atoms with Crippen LogP contribution in [0.15, 0.2) is 4.79 Å². The van der Waals surface area contributed by atoms with Crippen LogP contribution in [0.5, 0.6) is 0 Å². The van der Waals surface area contributed by atoms with Gasteiger partial charge in [-0.1, -0.05) is 19.3 Å². The monoisotopic (exact) mass is 485 g/mol. The van der Waals surface area contributed by atoms with Crippen LogP contribution in [0.2, 0.25) is 0 Å². The second kappa shape index (κ2) is 10.2. The van der Waals surface area contributed by atoms with Gasteiger partial charge in [0.05, 0.1) is 16.8 Å². The van der Waals surface area contributed by atoms with Gasteiger partial charge < -0.3 is 9.80 Å². The summed E-state index contributed by atoms with van der Waals surface area (Å²) in [7, 11) is 0. The molecule has 0 aromatic carbocycles. The van der Waals surface area contributed by atoms with Gasteiger partial charge in [0, 0.05) is 52.2 Å². The quantitative estimate of drug-likeness (QED) is 0.668. The van der Waals surface area contributed by atoms with Crippen LogP contribution >= 0.6 is 11.3 Å². The van der Waals surface area contributed by atoms with Crippen molar-refractivity contribution >= 4 is 33.4 Å². The molecule has 2 amide bonds. The molecule has 3 aliphatic rings. The predicted molar refractivity (Wildman–Crippen MR) is 134 cm³/mol. The highest BCUT2D eigenvalue weighted by Gasteiger charge is 2.29. The first-order chi connectivity index (χ1) is 16.5. The third kappa shape index (κ3) is 4.64. The van der Waals surface area contributed by atoms with Crippen LogP contribution < -0.4 is 5.56 Å². The highest BCUT2D eigenvalue weighted by atomic mass is 32.1. The van der Waals surface area contributed by atoms with Crippen molar-refractivity contribution in [1.29, 1.82) is 0 Å². The SMILES string of the molecule is Cc1c(C(=O)N2CCN(CC(=O)N3CCCCCC3)CC2)sc2nc3n(c(=O)c12)CCCCC3. The third-order valence-corrected chi connectivity index (χ3v) is 8.76. The number of hydrogen-bond donors (Lipinski definition) is 0. The molecule has 2 fully saturated rings. The number of piperazine rings is 1. The fourth-order valence-corrected chi connectivity index (χ4v) is 6.64. The van der Waals surface area contributed by atoms with Gasteiger partial charge in [-0.15, -0.1) is 11.3 Å². The maximum Gasteiger partial charge on any atom is 0.264 e. The number of fused-ring (bicyclic) bond motifs is 2. The molecule has 0 N–H and O–H groups in total. The van der Waals surface area contributed by atoms with Crippen LogP contribution in [0.4, 0.5) is 0 Å². The molecule has 0 aliphatic carbocycles. The molecule has 184 valence electrons. The lowest BCUT2D eigenvalue weighted by Gasteiger charge is -2.35. The van der Waals surface area contributed by atoms with Gasteiger partial charge in [-0.25, -0.2) is 4.98 Å². The number of carbonyl (C=O) groups is 2. The lowest BCUT2D eigenvalue weighted by Crippen LogP contribution is -2.51. The maximum absolute atomic E-state index is 13.4. The van der Waals surface area contributed by atoms with E-state index in [1.54, 1.807) is 0 Å². The Bertz CT molecular complexity index is 1120. The smallest absolute Gasteiger partial charge is 0.264 e. The van der Waals surface area contributed by atoms with Crippen LogP contribution in [0.25, 0.3) is 10.2 Å². The number of likely N-dealkylation sites (tertiary alicyclic amines) is 1. The standard InChI is InChI=1S/C25H35N5O3S/c1-18-21-23(26-19-9-5-4-8-12-30(19)24(21)32)34-22(18)25(33)29-15-13-27(14-16-29)17-20(31)28-10-6-2-3-7-11-28/h2-17H2,1H3. The zero-order valence-electron chi connectivity index (χ0n) is 20.2. The Hall–Kier alpha value is -2.26. The number of aromatic nitrogens is 2. The average molecular weight is 486 g/mol. The molecule has 8 nitrogen and oxygen atoms in total. The first-order valence-corrected chi connectivity index (χ1v) is 13.7. The van der Waals surface area contributed by atoms with Crippen molar-refractivity contribution in [2.75, 3.05) is 45.8 Å². The first kappa shape index (κ1) is 23.5. The van der Waals surface area contributed by atoms with Gasteiger partial charge in [0.25, 0.3) is 11.5 Å². The summed E-state index contributed by atoms with van der Waals surface area (Å²) in [4.78, 5) is 51.5. The van der Waals surface area contributed by atoms with E-state index in [9.17, 15) is 14.4 Å². The number of rotatable bonds is 3. The van der Waals surface area contributed by atoms with E-state index in [0.29, 0.717) is 54.4 Å². The molecular weight excluding hydrogens is 450 g/mol. The molecule has 3 aliphatic heterocycles. The summed E-state index contributed by atoms with van der Waals surface area (Å²) >= 11 is 1.36. The van der Waals surface area contributed by atoms with E-state index in [2.05, 4.69) is 4.90 Å². The Labute approximate surface area is 204 Å². The third-order valence-electron chi connectivity index (χ3n) is 7.58. The van der Waals surface area contributed by atoms with Gasteiger partial charge in [0.1, 0.15) is 10.7 Å². The molecule has 0 unspecified atom stereocenters. The topological polar surface area (TPSA) is 78.8 Å². The molecule has 5 heterocycles. The summed E-state index contributed by atoms with van der Waals surface area (Å²) < 4.78 is 1.82. The molecule has 2 aromatic rings. The Morgan fingerprint density at radius 2 is 1.53 bits per heavy atom. The molecular formula is C25H35N5O3S. The van der Waals surface area contributed by atoms with Crippen molar-refractivity contribution in [2.24, 2.45) is 0 Å². The van der Waals surface area contributed by atoms with Gasteiger partial charge in [-0.2, -0.15) is 0 Å². The van der Waals surface area contributed by atoms with Crippen molar-refractivity contribution in [1.82, 2.24) is 24.3 Å². The largest absolute Gasteiger partial charge is 0.342 e. The van der Waals surface area contributed by atoms with E-state index >= 15 is 0 Å². The second-order valence-electron chi connectivity index (χ2n) is 9.90. The highest BCUT2D eigenvalue weighted by molar-refractivity contribution is 7.20. The lowest BCUT2D eigenvalue weighted by molar-refractivity contribution is -0.132. The van der Waals surface area contributed by atoms with Crippen LogP contribution in [-0.4, -0.2) is 81.9 Å². The molecule has 0 atom stereocenters. The van der Waals surface area contributed by atoms with Gasteiger partial charge in [0.2, 0.25) is 5.91 Å². The number of hydrogen-bond acceptors (Lipinski definition) is 6. The Morgan fingerprint density at radius 1 is 0.853 bits per heavy atom. The van der Waals surface area contributed by atoms with Gasteiger partial charge in [0.15, 0.2) is 0 Å². The molecule has 0 radical (unpaired) electrons. The summed E-state index contributed by atoms with van der Waals surface area (Å²) in [6, 6.07) is 0. The number of nitrogens with zero attached hydrogens (tertiary/aromatic N) is 5. The van der Waals surface area contributed by atoms with Crippen molar-refractivity contribution < 1.29 is 9.59 Å². The molecule has 2 saturated heterocycles. The number of amides is 2. The minimum atomic E-state index is -0.0152. The Morgan fingerprint density at radius 3 is 2.26 bits per heavy atom. The van der Waals surface area contributed by atoms with E-state index in [1.807, 2.05) is 21.3 Å². The molecule has 9 heteroatoms. The summed E-state index contributed by atoms with van der Waals surface area (Å²) in [6.45, 7) is 7.39. The van der Waals surface area contributed by atoms with E-state index in [-0.39, 0.29) is 17.4 Å². The van der Waals surface area contributed by atoms with Crippen molar-refractivity contribution in [3.8, 4) is 0 Å². The van der Waals surface area contributed by atoms with Crippen molar-refractivity contribution in [3.05, 3.63) is 26.6 Å². The Kier molecular flexibility index (Phi) is 7.01. The molecule has 0 saturated carbocycles. The highest BCUT2D eigenvalue weighted by Crippen LogP contribution is 2.29. The number of aryl methyl sites for hydroxylation is 2. The number of thiophene rings is 1. The molecule has 0 bridgehead atoms. The van der Waals surface area contributed by atoms with Crippen LogP contribution in [0.1, 0.15) is 66.0 Å². The first-order valence-electron chi connectivity index (χ1n) is 12.8. The summed E-state index contributed by atoms with van der Waals surface area (Å²) in [5.41, 5.74) is 0.771. The van der Waals surface area contributed by atoms with Crippen LogP contribution in [0, 0.1) is 6.92 Å². The molecule has 5 rings (SSSR count). The van der Waals surface area contributed by atoms with E-state index in [1.165, 1.54) is 24.2 Å². The van der Waals surface area contributed by atoms with Crippen molar-refractivity contribution in [2.45, 2.75) is 64.8 Å². The minimum Gasteiger partial charge on any atom is -0.342 e. The molecule has 0 spiro atoms. The summed E-state index contributed by atoms with van der Waals surface area (Å²) in [5, 5.41) is 0.612. The van der Waals surface area contributed by atoms with Crippen LogP contribution in [-0.2, 0) is 17.8 Å². The van der Waals surface area contributed by atoms with Crippen LogP contribution in [0.3, 0.4) is 0 Å². The van der Waals surface area contributed by atoms with Crippen molar-refractivity contribution in [3.63, 3.8) is 0 Å². The maximum atomic E-state index is 13.4. The van der Waals surface area contributed by atoms with E-state index < -0.39 is 0 Å². The fraction of sp³-hybridized carbons (Fsp3) is 0.680. The summed E-state index contributed by atoms with van der Waals surface area (Å²) in [6.07, 6.45) is 8.63. The second-order valence-corrected chi connectivity index (χ2v) is 10.9.